The predicted octanol–water partition coefficient (Wildman–Crippen LogP) is 3.02. The molecule has 27 heavy (non-hydrogen) atoms. The number of carbonyl (C=O) groups excluding carboxylic acids is 1. The number of pyridine rings is 1. The van der Waals surface area contributed by atoms with Crippen LogP contribution in [-0.2, 0) is 14.8 Å². The van der Waals surface area contributed by atoms with Gasteiger partial charge in [-0.05, 0) is 23.6 Å². The van der Waals surface area contributed by atoms with Gasteiger partial charge in [-0.3, -0.25) is 19.5 Å². The monoisotopic (exact) mass is 404 g/mol. The predicted molar refractivity (Wildman–Crippen MR) is 112 cm³/mol. The Morgan fingerprint density at radius 2 is 2.00 bits per heavy atom. The fraction of sp³-hybridized carbons (Fsp3) is 0.0556. The number of amides is 1. The van der Waals surface area contributed by atoms with Gasteiger partial charge in [0.25, 0.3) is 15.9 Å². The van der Waals surface area contributed by atoms with Gasteiger partial charge < -0.3 is 5.32 Å². The average molecular weight is 405 g/mol. The fourth-order valence-corrected chi connectivity index (χ4v) is 3.21. The molecule has 0 saturated heterocycles. The lowest BCUT2D eigenvalue weighted by Gasteiger charge is -2.10. The second kappa shape index (κ2) is 10.9. The summed E-state index contributed by atoms with van der Waals surface area (Å²) < 4.78 is 27.6. The van der Waals surface area contributed by atoms with Crippen LogP contribution in [0.2, 0.25) is 0 Å². The number of hydrogen-bond acceptors (Lipinski definition) is 6. The number of allylic oxidation sites excluding steroid dienone is 5. The molecule has 2 N–H and O–H groups in total. The minimum absolute atomic E-state index is 0.117. The Labute approximate surface area is 163 Å². The zero-order valence-corrected chi connectivity index (χ0v) is 16.4. The zero-order valence-electron chi connectivity index (χ0n) is 14.8. The van der Waals surface area contributed by atoms with Crippen LogP contribution in [0.25, 0.3) is 0 Å². The maximum absolute atomic E-state index is 12.6. The summed E-state index contributed by atoms with van der Waals surface area (Å²) in [6, 6.07) is 1.29. The Balaban J connectivity index is 3.09. The molecule has 1 aromatic heterocycles. The minimum Gasteiger partial charge on any atom is -0.319 e. The summed E-state index contributed by atoms with van der Waals surface area (Å²) >= 11 is 1.05. The molecule has 1 amide bonds. The molecule has 0 atom stereocenters. The third kappa shape index (κ3) is 7.08. The van der Waals surface area contributed by atoms with Crippen molar-refractivity contribution in [2.24, 2.45) is 4.99 Å². The molecule has 0 aliphatic carbocycles. The molecule has 7 nitrogen and oxygen atoms in total. The van der Waals surface area contributed by atoms with Crippen LogP contribution in [0, 0.1) is 0 Å². The summed E-state index contributed by atoms with van der Waals surface area (Å²) in [7, 11) is -2.45. The molecule has 0 fully saturated rings. The van der Waals surface area contributed by atoms with E-state index in [4.69, 9.17) is 0 Å². The number of rotatable bonds is 8. The van der Waals surface area contributed by atoms with Gasteiger partial charge in [-0.25, -0.2) is 8.42 Å². The van der Waals surface area contributed by atoms with E-state index in [1.54, 1.807) is 6.08 Å². The third-order valence-corrected chi connectivity index (χ3v) is 4.94. The quantitative estimate of drug-likeness (QED) is 0.394. The number of nitrogens with zero attached hydrogens (tertiary/aromatic N) is 2. The van der Waals surface area contributed by atoms with Crippen LogP contribution >= 0.6 is 11.8 Å². The molecule has 0 aliphatic rings. The molecule has 0 saturated carbocycles. The lowest BCUT2D eigenvalue weighted by Crippen LogP contribution is -2.23. The van der Waals surface area contributed by atoms with Crippen molar-refractivity contribution in [1.29, 1.82) is 0 Å². The summed E-state index contributed by atoms with van der Waals surface area (Å²) in [4.78, 5) is 19.7. The lowest BCUT2D eigenvalue weighted by molar-refractivity contribution is -0.110. The Kier molecular flexibility index (Phi) is 8.97. The smallest absolute Gasteiger partial charge is 0.280 e. The normalized spacial score (nSPS) is 12.5. The number of anilines is 1. The molecule has 9 heteroatoms. The van der Waals surface area contributed by atoms with Crippen molar-refractivity contribution in [2.75, 3.05) is 12.4 Å². The fourth-order valence-electron chi connectivity index (χ4n) is 1.74. The van der Waals surface area contributed by atoms with Crippen LogP contribution in [-0.4, -0.2) is 31.4 Å². The van der Waals surface area contributed by atoms with Gasteiger partial charge in [-0.1, -0.05) is 49.7 Å². The van der Waals surface area contributed by atoms with Crippen LogP contribution in [0.5, 0.6) is 0 Å². The summed E-state index contributed by atoms with van der Waals surface area (Å²) in [6.45, 7) is 10.6. The first-order valence-electron chi connectivity index (χ1n) is 7.53. The van der Waals surface area contributed by atoms with Crippen molar-refractivity contribution in [3.8, 4) is 0 Å². The molecule has 1 aromatic rings. The van der Waals surface area contributed by atoms with Crippen molar-refractivity contribution >= 4 is 38.4 Å². The van der Waals surface area contributed by atoms with E-state index in [0.717, 1.165) is 11.8 Å². The Morgan fingerprint density at radius 3 is 2.59 bits per heavy atom. The molecule has 0 aromatic carbocycles. The molecular weight excluding hydrogens is 384 g/mol. The molecule has 0 spiro atoms. The van der Waals surface area contributed by atoms with Crippen LogP contribution < -0.4 is 10.0 Å². The summed E-state index contributed by atoms with van der Waals surface area (Å²) in [5.74, 6) is -0.493. The second-order valence-electron chi connectivity index (χ2n) is 4.73. The standard InChI is InChI=1S/C18H20N4O3S2/c1-5-8-10-14(9-6-2)22-27(24,25)16-11-15(12-20-13-16)21-17(23)18(19-4)26-7-3/h5-13,22H,1-3H2,4H3,(H,21,23)/b10-8-,14-9+,19-18?. The van der Waals surface area contributed by atoms with E-state index < -0.39 is 15.9 Å². The highest BCUT2D eigenvalue weighted by Gasteiger charge is 2.17. The Bertz CT molecular complexity index is 916. The summed E-state index contributed by atoms with van der Waals surface area (Å²) in [5, 5.41) is 4.20. The molecule has 142 valence electrons. The van der Waals surface area contributed by atoms with Crippen LogP contribution in [0.4, 0.5) is 5.69 Å². The number of carbonyl (C=O) groups is 1. The molecular formula is C18H20N4O3S2. The number of thioether (sulfide) groups is 1. The molecule has 1 rings (SSSR count). The number of sulfonamides is 1. The van der Waals surface area contributed by atoms with Crippen LogP contribution in [0.1, 0.15) is 0 Å². The Morgan fingerprint density at radius 1 is 1.26 bits per heavy atom. The van der Waals surface area contributed by atoms with Gasteiger partial charge in [0.05, 0.1) is 11.9 Å². The van der Waals surface area contributed by atoms with E-state index in [1.807, 2.05) is 0 Å². The van der Waals surface area contributed by atoms with Crippen molar-refractivity contribution in [2.45, 2.75) is 4.90 Å². The van der Waals surface area contributed by atoms with Gasteiger partial charge in [0, 0.05) is 18.9 Å². The van der Waals surface area contributed by atoms with E-state index in [-0.39, 0.29) is 15.6 Å². The van der Waals surface area contributed by atoms with Crippen molar-refractivity contribution < 1.29 is 13.2 Å². The molecule has 0 aliphatic heterocycles. The van der Waals surface area contributed by atoms with E-state index in [0.29, 0.717) is 5.70 Å². The highest BCUT2D eigenvalue weighted by Crippen LogP contribution is 2.16. The van der Waals surface area contributed by atoms with Gasteiger partial charge in [0.1, 0.15) is 4.90 Å². The van der Waals surface area contributed by atoms with E-state index in [9.17, 15) is 13.2 Å². The number of aliphatic imine (C=N–C) groups is 1. The largest absolute Gasteiger partial charge is 0.319 e. The highest BCUT2D eigenvalue weighted by molar-refractivity contribution is 8.18. The SMILES string of the molecule is C=C/C=C\C(=C/C=C)NS(=O)(=O)c1cncc(NC(=O)C(=NC)SC=C)c1. The first-order chi connectivity index (χ1) is 12.9. The van der Waals surface area contributed by atoms with Gasteiger partial charge >= 0.3 is 0 Å². The zero-order chi connectivity index (χ0) is 20.3. The van der Waals surface area contributed by atoms with Gasteiger partial charge in [0.2, 0.25) is 0 Å². The molecule has 0 radical (unpaired) electrons. The van der Waals surface area contributed by atoms with Gasteiger partial charge in [-0.15, -0.1) is 0 Å². The van der Waals surface area contributed by atoms with Crippen molar-refractivity contribution in [3.63, 3.8) is 0 Å². The maximum atomic E-state index is 12.6. The number of hydrogen-bond donors (Lipinski definition) is 2. The molecule has 0 unspecified atom stereocenters. The topological polar surface area (TPSA) is 101 Å². The molecule has 1 heterocycles. The minimum atomic E-state index is -3.92. The summed E-state index contributed by atoms with van der Waals surface area (Å²) in [5.41, 5.74) is 0.506. The van der Waals surface area contributed by atoms with Gasteiger partial charge in [0.15, 0.2) is 5.04 Å². The second-order valence-corrected chi connectivity index (χ2v) is 7.37. The van der Waals surface area contributed by atoms with Crippen molar-refractivity contribution in [3.05, 3.63) is 79.7 Å². The number of aromatic nitrogens is 1. The molecule has 0 bridgehead atoms. The number of nitrogens with one attached hydrogen (secondary N) is 2. The third-order valence-electron chi connectivity index (χ3n) is 2.84. The van der Waals surface area contributed by atoms with E-state index in [1.165, 1.54) is 55.2 Å². The Hall–Kier alpha value is -2.91. The van der Waals surface area contributed by atoms with Crippen LogP contribution in [0.15, 0.2) is 89.6 Å². The average Bonchev–Trinajstić information content (AvgIpc) is 2.64. The van der Waals surface area contributed by atoms with E-state index >= 15 is 0 Å². The van der Waals surface area contributed by atoms with Crippen LogP contribution in [0.3, 0.4) is 0 Å². The highest BCUT2D eigenvalue weighted by atomic mass is 32.2. The van der Waals surface area contributed by atoms with Gasteiger partial charge in [-0.2, -0.15) is 0 Å². The van der Waals surface area contributed by atoms with Crippen molar-refractivity contribution in [1.82, 2.24) is 9.71 Å². The first kappa shape index (κ1) is 22.1. The first-order valence-corrected chi connectivity index (χ1v) is 9.89. The van der Waals surface area contributed by atoms with E-state index in [2.05, 4.69) is 39.8 Å². The summed E-state index contributed by atoms with van der Waals surface area (Å²) in [6.07, 6.45) is 10.1. The lowest BCUT2D eigenvalue weighted by atomic mass is 10.3. The maximum Gasteiger partial charge on any atom is 0.280 e.